The minimum atomic E-state index is -0.871. The lowest BCUT2D eigenvalue weighted by Gasteiger charge is -2.33. The predicted octanol–water partition coefficient (Wildman–Crippen LogP) is 2.36. The van der Waals surface area contributed by atoms with Gasteiger partial charge in [0.1, 0.15) is 17.7 Å². The first-order valence-electron chi connectivity index (χ1n) is 6.75. The number of carboxylic acid groups (broad SMARTS) is 1. The van der Waals surface area contributed by atoms with Gasteiger partial charge in [0.05, 0.1) is 13.1 Å². The molecule has 22 heavy (non-hydrogen) atoms. The van der Waals surface area contributed by atoms with E-state index in [-0.39, 0.29) is 0 Å². The third-order valence-electron chi connectivity index (χ3n) is 3.83. The first-order valence-corrected chi connectivity index (χ1v) is 7.50. The summed E-state index contributed by atoms with van der Waals surface area (Å²) in [5.41, 5.74) is 0.835. The minimum absolute atomic E-state index is 0.328. The van der Waals surface area contributed by atoms with Crippen LogP contribution in [0.15, 0.2) is 18.2 Å². The normalized spacial score (nSPS) is 18.2. The Morgan fingerprint density at radius 2 is 2.18 bits per heavy atom. The summed E-state index contributed by atoms with van der Waals surface area (Å²) in [6.45, 7) is 2.98. The van der Waals surface area contributed by atoms with Crippen molar-refractivity contribution >= 4 is 29.2 Å². The minimum Gasteiger partial charge on any atom is -0.480 e. The summed E-state index contributed by atoms with van der Waals surface area (Å²) in [7, 11) is 0. The number of nitrogens with zero attached hydrogens (tertiary/aromatic N) is 4. The standard InChI is InChI=1S/C14H14Cl2N4O2/c1-8-17-18-13-7-19(12(14(21)22)6-20(8)13)5-9-2-3-10(15)4-11(9)16/h2-4,12H,5-7H2,1H3,(H,21,22). The number of carboxylic acids is 1. The van der Waals surface area contributed by atoms with Gasteiger partial charge in [0.15, 0.2) is 0 Å². The number of aliphatic carboxylic acids is 1. The monoisotopic (exact) mass is 340 g/mol. The maximum Gasteiger partial charge on any atom is 0.322 e. The van der Waals surface area contributed by atoms with E-state index < -0.39 is 12.0 Å². The lowest BCUT2D eigenvalue weighted by Crippen LogP contribution is -2.47. The van der Waals surface area contributed by atoms with Crippen molar-refractivity contribution < 1.29 is 9.90 Å². The van der Waals surface area contributed by atoms with Crippen LogP contribution in [0.5, 0.6) is 0 Å². The topological polar surface area (TPSA) is 71.2 Å². The average molecular weight is 341 g/mol. The summed E-state index contributed by atoms with van der Waals surface area (Å²) >= 11 is 12.1. The summed E-state index contributed by atoms with van der Waals surface area (Å²) < 4.78 is 1.85. The lowest BCUT2D eigenvalue weighted by molar-refractivity contribution is -0.145. The van der Waals surface area contributed by atoms with Crippen molar-refractivity contribution in [1.29, 1.82) is 0 Å². The molecule has 0 aliphatic carbocycles. The van der Waals surface area contributed by atoms with E-state index in [0.717, 1.165) is 17.2 Å². The number of fused-ring (bicyclic) bond motifs is 1. The summed E-state index contributed by atoms with van der Waals surface area (Å²) in [6.07, 6.45) is 0. The third kappa shape index (κ3) is 2.82. The van der Waals surface area contributed by atoms with Crippen molar-refractivity contribution in [3.05, 3.63) is 45.5 Å². The second-order valence-electron chi connectivity index (χ2n) is 5.27. The fraction of sp³-hybridized carbons (Fsp3) is 0.357. The highest BCUT2D eigenvalue weighted by Crippen LogP contribution is 2.26. The second kappa shape index (κ2) is 5.87. The molecule has 8 heteroatoms. The van der Waals surface area contributed by atoms with Crippen molar-refractivity contribution in [3.8, 4) is 0 Å². The molecule has 2 aromatic rings. The molecular weight excluding hydrogens is 327 g/mol. The van der Waals surface area contributed by atoms with Gasteiger partial charge in [-0.15, -0.1) is 10.2 Å². The van der Waals surface area contributed by atoms with Gasteiger partial charge in [-0.3, -0.25) is 9.69 Å². The molecule has 3 rings (SSSR count). The van der Waals surface area contributed by atoms with Crippen molar-refractivity contribution in [1.82, 2.24) is 19.7 Å². The zero-order chi connectivity index (χ0) is 15.9. The molecule has 1 atom stereocenters. The van der Waals surface area contributed by atoms with E-state index in [9.17, 15) is 9.90 Å². The average Bonchev–Trinajstić information content (AvgIpc) is 2.82. The molecule has 1 unspecified atom stereocenters. The molecule has 0 fully saturated rings. The van der Waals surface area contributed by atoms with Crippen LogP contribution in [0.3, 0.4) is 0 Å². The SMILES string of the molecule is Cc1nnc2n1CC(C(=O)O)N(Cc1ccc(Cl)cc1Cl)C2. The first kappa shape index (κ1) is 15.3. The quantitative estimate of drug-likeness (QED) is 0.928. The van der Waals surface area contributed by atoms with Gasteiger partial charge in [0, 0.05) is 16.6 Å². The van der Waals surface area contributed by atoms with E-state index in [1.807, 2.05) is 22.5 Å². The maximum atomic E-state index is 11.6. The van der Waals surface area contributed by atoms with Crippen LogP contribution in [0.4, 0.5) is 0 Å². The van der Waals surface area contributed by atoms with Crippen LogP contribution in [-0.4, -0.2) is 36.8 Å². The summed E-state index contributed by atoms with van der Waals surface area (Å²) in [5.74, 6) is 0.620. The molecule has 1 N–H and O–H groups in total. The number of hydrogen-bond acceptors (Lipinski definition) is 4. The molecule has 1 aromatic heterocycles. The maximum absolute atomic E-state index is 11.6. The number of benzene rings is 1. The highest BCUT2D eigenvalue weighted by atomic mass is 35.5. The van der Waals surface area contributed by atoms with Crippen LogP contribution in [-0.2, 0) is 24.4 Å². The lowest BCUT2D eigenvalue weighted by atomic mass is 10.1. The highest BCUT2D eigenvalue weighted by Gasteiger charge is 2.33. The van der Waals surface area contributed by atoms with E-state index in [1.165, 1.54) is 0 Å². The molecule has 1 aromatic carbocycles. The molecule has 0 spiro atoms. The fourth-order valence-electron chi connectivity index (χ4n) is 2.63. The first-order chi connectivity index (χ1) is 10.5. The predicted molar refractivity (Wildman–Crippen MR) is 81.9 cm³/mol. The molecule has 0 saturated carbocycles. The summed E-state index contributed by atoms with van der Waals surface area (Å²) in [4.78, 5) is 13.4. The Labute approximate surface area is 137 Å². The molecule has 0 radical (unpaired) electrons. The fourth-order valence-corrected chi connectivity index (χ4v) is 3.10. The van der Waals surface area contributed by atoms with Gasteiger partial charge in [-0.1, -0.05) is 29.3 Å². The summed E-state index contributed by atoms with van der Waals surface area (Å²) in [6, 6.07) is 4.57. The molecule has 6 nitrogen and oxygen atoms in total. The Bertz CT molecular complexity index is 732. The van der Waals surface area contributed by atoms with Gasteiger partial charge in [-0.2, -0.15) is 0 Å². The number of aromatic nitrogens is 3. The Morgan fingerprint density at radius 1 is 1.41 bits per heavy atom. The molecule has 116 valence electrons. The number of hydrogen-bond donors (Lipinski definition) is 1. The van der Waals surface area contributed by atoms with Crippen molar-refractivity contribution in [3.63, 3.8) is 0 Å². The zero-order valence-corrected chi connectivity index (χ0v) is 13.3. The van der Waals surface area contributed by atoms with Crippen molar-refractivity contribution in [2.24, 2.45) is 0 Å². The molecule has 0 saturated heterocycles. The largest absolute Gasteiger partial charge is 0.480 e. The van der Waals surface area contributed by atoms with Gasteiger partial charge < -0.3 is 9.67 Å². The van der Waals surface area contributed by atoms with Crippen LogP contribution in [0.2, 0.25) is 10.0 Å². The Kier molecular flexibility index (Phi) is 4.08. The smallest absolute Gasteiger partial charge is 0.322 e. The molecular formula is C14H14Cl2N4O2. The van der Waals surface area contributed by atoms with E-state index in [2.05, 4.69) is 10.2 Å². The van der Waals surface area contributed by atoms with Crippen molar-refractivity contribution in [2.45, 2.75) is 32.6 Å². The molecule has 0 amide bonds. The number of halogens is 2. The van der Waals surface area contributed by atoms with Crippen LogP contribution >= 0.6 is 23.2 Å². The van der Waals surface area contributed by atoms with Crippen molar-refractivity contribution in [2.75, 3.05) is 0 Å². The molecule has 1 aliphatic heterocycles. The Balaban J connectivity index is 1.89. The van der Waals surface area contributed by atoms with E-state index >= 15 is 0 Å². The molecule has 0 bridgehead atoms. The molecule has 1 aliphatic rings. The molecule has 2 heterocycles. The highest BCUT2D eigenvalue weighted by molar-refractivity contribution is 6.35. The van der Waals surface area contributed by atoms with Crippen LogP contribution < -0.4 is 0 Å². The van der Waals surface area contributed by atoms with Gasteiger partial charge in [0.25, 0.3) is 0 Å². The third-order valence-corrected chi connectivity index (χ3v) is 4.41. The van der Waals surface area contributed by atoms with Gasteiger partial charge in [-0.05, 0) is 24.6 Å². The van der Waals surface area contributed by atoms with E-state index in [1.54, 1.807) is 12.1 Å². The van der Waals surface area contributed by atoms with E-state index in [4.69, 9.17) is 23.2 Å². The van der Waals surface area contributed by atoms with Gasteiger partial charge >= 0.3 is 5.97 Å². The number of carbonyl (C=O) groups is 1. The van der Waals surface area contributed by atoms with Crippen LogP contribution in [0.1, 0.15) is 17.2 Å². The Morgan fingerprint density at radius 3 is 2.86 bits per heavy atom. The van der Waals surface area contributed by atoms with Crippen LogP contribution in [0, 0.1) is 6.92 Å². The van der Waals surface area contributed by atoms with E-state index in [0.29, 0.717) is 29.7 Å². The number of rotatable bonds is 3. The van der Waals surface area contributed by atoms with Gasteiger partial charge in [-0.25, -0.2) is 0 Å². The Hall–Kier alpha value is -1.63. The van der Waals surface area contributed by atoms with Crippen LogP contribution in [0.25, 0.3) is 0 Å². The summed E-state index contributed by atoms with van der Waals surface area (Å²) in [5, 5.41) is 18.7. The van der Waals surface area contributed by atoms with Gasteiger partial charge in [0.2, 0.25) is 0 Å². The second-order valence-corrected chi connectivity index (χ2v) is 6.11. The number of aryl methyl sites for hydroxylation is 1. The zero-order valence-electron chi connectivity index (χ0n) is 11.8.